The molecule has 1 aromatic rings. The molecule has 1 aromatic carbocycles. The van der Waals surface area contributed by atoms with E-state index in [-0.39, 0.29) is 18.7 Å². The fourth-order valence-electron chi connectivity index (χ4n) is 8.74. The van der Waals surface area contributed by atoms with Gasteiger partial charge < -0.3 is 20.0 Å². The Balaban J connectivity index is 0.941. The highest BCUT2D eigenvalue weighted by Crippen LogP contribution is 2.42. The molecule has 1 unspecified atom stereocenters. The highest BCUT2D eigenvalue weighted by molar-refractivity contribution is 6.23. The molecule has 5 fully saturated rings. The number of hydrogen-bond donors (Lipinski definition) is 2. The smallest absolute Gasteiger partial charge is 0.262 e. The molecule has 6 aliphatic heterocycles. The van der Waals surface area contributed by atoms with Gasteiger partial charge in [0.2, 0.25) is 11.8 Å². The molecule has 6 heterocycles. The molecule has 43 heavy (non-hydrogen) atoms. The molecule has 0 aliphatic carbocycles. The van der Waals surface area contributed by atoms with Gasteiger partial charge in [-0.15, -0.1) is 0 Å². The summed E-state index contributed by atoms with van der Waals surface area (Å²) >= 11 is 0. The van der Waals surface area contributed by atoms with Crippen molar-refractivity contribution < 1.29 is 19.2 Å². The first-order valence-electron chi connectivity index (χ1n) is 16.7. The first kappa shape index (κ1) is 28.9. The van der Waals surface area contributed by atoms with E-state index in [4.69, 9.17) is 0 Å². The van der Waals surface area contributed by atoms with Crippen LogP contribution in [0.2, 0.25) is 0 Å². The Hall–Kier alpha value is -2.82. The molecule has 1 spiro atoms. The molecule has 0 saturated carbocycles. The maximum absolute atomic E-state index is 13.4. The standard InChI is InChI=1S/C33H46N6O4/c40-29-5-4-28(30(41)35-29)39-31(42)26-3-2-25(20-27(26)32(39)43)38-15-1-10-33(22-38)11-18-36(19-12-33)21-23-8-16-37(17-9-23)24-6-13-34-14-7-24/h2-3,20,23-24,28,34H,1,4-19,21-22H2,(H,35,40,41). The molecule has 7 rings (SSSR count). The summed E-state index contributed by atoms with van der Waals surface area (Å²) in [6.07, 6.45) is 10.4. The van der Waals surface area contributed by atoms with Gasteiger partial charge in [0.05, 0.1) is 11.1 Å². The van der Waals surface area contributed by atoms with E-state index in [0.29, 0.717) is 16.5 Å². The van der Waals surface area contributed by atoms with Crippen LogP contribution in [0.15, 0.2) is 18.2 Å². The van der Waals surface area contributed by atoms with Crippen molar-refractivity contribution in [3.05, 3.63) is 29.3 Å². The van der Waals surface area contributed by atoms with Crippen LogP contribution in [0.1, 0.15) is 84.9 Å². The van der Waals surface area contributed by atoms with Crippen LogP contribution in [0.5, 0.6) is 0 Å². The Morgan fingerprint density at radius 1 is 0.814 bits per heavy atom. The molecule has 10 nitrogen and oxygen atoms in total. The van der Waals surface area contributed by atoms with E-state index in [1.54, 1.807) is 6.07 Å². The zero-order valence-electron chi connectivity index (χ0n) is 25.3. The minimum atomic E-state index is -0.932. The lowest BCUT2D eigenvalue weighted by molar-refractivity contribution is -0.136. The highest BCUT2D eigenvalue weighted by Gasteiger charge is 2.45. The lowest BCUT2D eigenvalue weighted by Crippen LogP contribution is -2.54. The van der Waals surface area contributed by atoms with Gasteiger partial charge in [0, 0.05) is 37.8 Å². The molecular weight excluding hydrogens is 544 g/mol. The minimum Gasteiger partial charge on any atom is -0.371 e. The number of nitrogens with one attached hydrogen (secondary N) is 2. The number of fused-ring (bicyclic) bond motifs is 1. The van der Waals surface area contributed by atoms with Crippen molar-refractivity contribution in [2.45, 2.75) is 76.3 Å². The molecule has 0 aromatic heterocycles. The number of benzene rings is 1. The Kier molecular flexibility index (Phi) is 8.03. The predicted molar refractivity (Wildman–Crippen MR) is 163 cm³/mol. The van der Waals surface area contributed by atoms with E-state index in [1.807, 2.05) is 12.1 Å². The fourth-order valence-corrected chi connectivity index (χ4v) is 8.74. The maximum atomic E-state index is 13.4. The predicted octanol–water partition coefficient (Wildman–Crippen LogP) is 2.23. The number of hydrogen-bond acceptors (Lipinski definition) is 8. The third kappa shape index (κ3) is 5.73. The van der Waals surface area contributed by atoms with Gasteiger partial charge in [-0.3, -0.25) is 29.4 Å². The Bertz CT molecular complexity index is 1260. The highest BCUT2D eigenvalue weighted by atomic mass is 16.2. The van der Waals surface area contributed by atoms with Crippen molar-refractivity contribution in [1.29, 1.82) is 0 Å². The second-order valence-electron chi connectivity index (χ2n) is 14.0. The number of anilines is 1. The second-order valence-corrected chi connectivity index (χ2v) is 14.0. The van der Waals surface area contributed by atoms with E-state index in [2.05, 4.69) is 25.3 Å². The van der Waals surface area contributed by atoms with E-state index >= 15 is 0 Å². The second kappa shape index (κ2) is 11.9. The Morgan fingerprint density at radius 3 is 2.30 bits per heavy atom. The van der Waals surface area contributed by atoms with Gasteiger partial charge in [0.15, 0.2) is 0 Å². The SMILES string of the molecule is O=C1CCC(N2C(=O)c3ccc(N4CCCC5(CCN(CC6CCN(C7CCNCC7)CC6)CC5)C4)cc3C2=O)C(=O)N1. The average molecular weight is 591 g/mol. The minimum absolute atomic E-state index is 0.125. The number of likely N-dealkylation sites (tertiary alicyclic amines) is 2. The summed E-state index contributed by atoms with van der Waals surface area (Å²) in [5.41, 5.74) is 1.99. The number of rotatable bonds is 5. The molecular formula is C33H46N6O4. The van der Waals surface area contributed by atoms with E-state index in [9.17, 15) is 19.2 Å². The van der Waals surface area contributed by atoms with Crippen molar-refractivity contribution in [2.24, 2.45) is 11.3 Å². The molecule has 4 amide bonds. The van der Waals surface area contributed by atoms with Crippen LogP contribution in [0.3, 0.4) is 0 Å². The number of carbonyl (C=O) groups is 4. The molecule has 2 N–H and O–H groups in total. The number of imide groups is 2. The van der Waals surface area contributed by atoms with E-state index in [0.717, 1.165) is 42.1 Å². The fraction of sp³-hybridized carbons (Fsp3) is 0.697. The zero-order valence-corrected chi connectivity index (χ0v) is 25.3. The zero-order chi connectivity index (χ0) is 29.6. The van der Waals surface area contributed by atoms with Crippen molar-refractivity contribution in [1.82, 2.24) is 25.3 Å². The van der Waals surface area contributed by atoms with Gasteiger partial charge in [0.1, 0.15) is 6.04 Å². The Labute approximate surface area is 254 Å². The molecule has 0 radical (unpaired) electrons. The van der Waals surface area contributed by atoms with Gasteiger partial charge in [-0.2, -0.15) is 0 Å². The molecule has 1 atom stereocenters. The quantitative estimate of drug-likeness (QED) is 0.504. The summed E-state index contributed by atoms with van der Waals surface area (Å²) in [4.78, 5) is 59.5. The number of piperidine rings is 5. The topological polar surface area (TPSA) is 105 Å². The van der Waals surface area contributed by atoms with Gasteiger partial charge in [-0.1, -0.05) is 0 Å². The lowest BCUT2D eigenvalue weighted by atomic mass is 9.72. The molecule has 5 saturated heterocycles. The normalized spacial score (nSPS) is 28.0. The number of carbonyl (C=O) groups excluding carboxylic acids is 4. The molecule has 0 bridgehead atoms. The number of nitrogens with zero attached hydrogens (tertiary/aromatic N) is 4. The van der Waals surface area contributed by atoms with Gasteiger partial charge >= 0.3 is 0 Å². The van der Waals surface area contributed by atoms with Crippen LogP contribution < -0.4 is 15.5 Å². The van der Waals surface area contributed by atoms with Crippen LogP contribution in [-0.2, 0) is 9.59 Å². The Morgan fingerprint density at radius 2 is 1.56 bits per heavy atom. The van der Waals surface area contributed by atoms with Crippen LogP contribution in [0.25, 0.3) is 0 Å². The third-order valence-corrected chi connectivity index (χ3v) is 11.4. The van der Waals surface area contributed by atoms with Crippen molar-refractivity contribution in [3.8, 4) is 0 Å². The summed E-state index contributed by atoms with van der Waals surface area (Å²) in [6.45, 7) is 10.4. The van der Waals surface area contributed by atoms with E-state index < -0.39 is 23.8 Å². The number of amides is 4. The molecule has 6 aliphatic rings. The van der Waals surface area contributed by atoms with Crippen molar-refractivity contribution in [2.75, 3.05) is 63.8 Å². The maximum Gasteiger partial charge on any atom is 0.262 e. The van der Waals surface area contributed by atoms with Crippen LogP contribution in [-0.4, -0.2) is 109 Å². The van der Waals surface area contributed by atoms with Gasteiger partial charge in [-0.25, -0.2) is 0 Å². The first-order valence-corrected chi connectivity index (χ1v) is 16.7. The molecule has 232 valence electrons. The van der Waals surface area contributed by atoms with E-state index in [1.165, 1.54) is 90.8 Å². The summed E-state index contributed by atoms with van der Waals surface area (Å²) in [7, 11) is 0. The summed E-state index contributed by atoms with van der Waals surface area (Å²) < 4.78 is 0. The third-order valence-electron chi connectivity index (χ3n) is 11.4. The summed E-state index contributed by atoms with van der Waals surface area (Å²) in [5.74, 6) is -0.990. The monoisotopic (exact) mass is 590 g/mol. The average Bonchev–Trinajstić information content (AvgIpc) is 3.28. The summed E-state index contributed by atoms with van der Waals surface area (Å²) in [6, 6.07) is 5.42. The van der Waals surface area contributed by atoms with Gasteiger partial charge in [0.25, 0.3) is 11.8 Å². The largest absolute Gasteiger partial charge is 0.371 e. The van der Waals surface area contributed by atoms with Crippen molar-refractivity contribution in [3.63, 3.8) is 0 Å². The van der Waals surface area contributed by atoms with Crippen LogP contribution in [0, 0.1) is 11.3 Å². The molecule has 10 heteroatoms. The van der Waals surface area contributed by atoms with Crippen molar-refractivity contribution >= 4 is 29.3 Å². The van der Waals surface area contributed by atoms with Gasteiger partial charge in [-0.05, 0) is 127 Å². The lowest BCUT2D eigenvalue weighted by Gasteiger charge is -2.49. The van der Waals surface area contributed by atoms with Crippen LogP contribution in [0.4, 0.5) is 5.69 Å². The van der Waals surface area contributed by atoms with Crippen LogP contribution >= 0.6 is 0 Å². The summed E-state index contributed by atoms with van der Waals surface area (Å²) in [5, 5.41) is 5.77. The first-order chi connectivity index (χ1) is 20.9.